The van der Waals surface area contributed by atoms with Crippen molar-refractivity contribution in [1.82, 2.24) is 0 Å². The Labute approximate surface area is 123 Å². The monoisotopic (exact) mass is 302 g/mol. The van der Waals surface area contributed by atoms with E-state index < -0.39 is 10.9 Å². The molecule has 1 heterocycles. The predicted octanol–water partition coefficient (Wildman–Crippen LogP) is 3.08. The zero-order valence-corrected chi connectivity index (χ0v) is 11.8. The largest absolute Gasteiger partial charge is 0.496 e. The molecule has 6 heteroatoms. The fourth-order valence-corrected chi connectivity index (χ4v) is 2.59. The molecule has 0 atom stereocenters. The van der Waals surface area contributed by atoms with E-state index in [2.05, 4.69) is 0 Å². The van der Waals surface area contributed by atoms with Crippen LogP contribution in [-0.4, -0.2) is 13.1 Å². The van der Waals surface area contributed by atoms with Crippen molar-refractivity contribution in [3.05, 3.63) is 57.8 Å². The minimum Gasteiger partial charge on any atom is -0.496 e. The van der Waals surface area contributed by atoms with Gasteiger partial charge in [0.05, 0.1) is 11.8 Å². The van der Waals surface area contributed by atoms with Gasteiger partial charge >= 0.3 is 10.9 Å². The normalized spacial score (nSPS) is 10.5. The van der Waals surface area contributed by atoms with Gasteiger partial charge in [-0.2, -0.15) is 0 Å². The fraction of sp³-hybridized carbons (Fsp3) is 0.0667. The van der Waals surface area contributed by atoms with Gasteiger partial charge in [0.25, 0.3) is 0 Å². The van der Waals surface area contributed by atoms with E-state index in [1.807, 2.05) is 0 Å². The van der Waals surface area contributed by atoms with E-state index in [9.17, 15) is 9.59 Å². The number of hydrogen-bond donors (Lipinski definition) is 0. The van der Waals surface area contributed by atoms with E-state index >= 15 is 0 Å². The second-order valence-electron chi connectivity index (χ2n) is 4.15. The highest BCUT2D eigenvalue weighted by molar-refractivity contribution is 7.16. The highest BCUT2D eigenvalue weighted by Gasteiger charge is 2.14. The van der Waals surface area contributed by atoms with Crippen LogP contribution in [0.15, 0.2) is 51.7 Å². The Morgan fingerprint density at radius 1 is 1.19 bits per heavy atom. The number of esters is 1. The van der Waals surface area contributed by atoms with Crippen LogP contribution in [0.1, 0.15) is 10.4 Å². The Balaban J connectivity index is 1.90. The Morgan fingerprint density at radius 3 is 2.81 bits per heavy atom. The Morgan fingerprint density at radius 2 is 2.00 bits per heavy atom. The van der Waals surface area contributed by atoms with Crippen LogP contribution in [-0.2, 0) is 0 Å². The van der Waals surface area contributed by atoms with Gasteiger partial charge in [0, 0.05) is 6.07 Å². The molecule has 0 aliphatic heterocycles. The van der Waals surface area contributed by atoms with Crippen molar-refractivity contribution in [3.8, 4) is 11.5 Å². The molecule has 0 saturated heterocycles. The van der Waals surface area contributed by atoms with Gasteiger partial charge < -0.3 is 13.9 Å². The van der Waals surface area contributed by atoms with Crippen LogP contribution in [0.5, 0.6) is 11.5 Å². The smallest absolute Gasteiger partial charge is 0.396 e. The van der Waals surface area contributed by atoms with Crippen molar-refractivity contribution >= 4 is 27.6 Å². The maximum Gasteiger partial charge on any atom is 0.396 e. The van der Waals surface area contributed by atoms with Gasteiger partial charge in [-0.15, -0.1) is 0 Å². The van der Waals surface area contributed by atoms with Crippen molar-refractivity contribution in [2.75, 3.05) is 7.11 Å². The SMILES string of the molecule is COc1ccccc1C(=O)Oc1ccc2oc(=O)sc2c1. The van der Waals surface area contributed by atoms with Crippen molar-refractivity contribution in [2.45, 2.75) is 0 Å². The van der Waals surface area contributed by atoms with E-state index in [4.69, 9.17) is 13.9 Å². The molecule has 1 aromatic heterocycles. The Bertz CT molecular complexity index is 862. The third-order valence-corrected chi connectivity index (χ3v) is 3.63. The predicted molar refractivity (Wildman–Crippen MR) is 78.3 cm³/mol. The first kappa shape index (κ1) is 13.4. The van der Waals surface area contributed by atoms with Gasteiger partial charge in [-0.3, -0.25) is 0 Å². The van der Waals surface area contributed by atoms with Gasteiger partial charge in [-0.05, 0) is 24.3 Å². The Hall–Kier alpha value is -2.60. The number of fused-ring (bicyclic) bond motifs is 1. The van der Waals surface area contributed by atoms with Crippen molar-refractivity contribution in [1.29, 1.82) is 0 Å². The number of benzene rings is 2. The molecule has 2 aromatic carbocycles. The first-order valence-electron chi connectivity index (χ1n) is 6.06. The van der Waals surface area contributed by atoms with Crippen LogP contribution in [0.25, 0.3) is 10.3 Å². The number of methoxy groups -OCH3 is 1. The van der Waals surface area contributed by atoms with Gasteiger partial charge in [-0.25, -0.2) is 9.59 Å². The third-order valence-electron chi connectivity index (χ3n) is 2.84. The molecule has 0 amide bonds. The van der Waals surface area contributed by atoms with Crippen molar-refractivity contribution < 1.29 is 18.7 Å². The van der Waals surface area contributed by atoms with Crippen LogP contribution >= 0.6 is 11.3 Å². The second kappa shape index (κ2) is 5.41. The van der Waals surface area contributed by atoms with E-state index in [1.54, 1.807) is 42.5 Å². The lowest BCUT2D eigenvalue weighted by atomic mass is 10.2. The summed E-state index contributed by atoms with van der Waals surface area (Å²) in [6.07, 6.45) is 0. The minimum absolute atomic E-state index is 0.334. The van der Waals surface area contributed by atoms with Crippen molar-refractivity contribution in [3.63, 3.8) is 0 Å². The lowest BCUT2D eigenvalue weighted by Gasteiger charge is -2.08. The average molecular weight is 302 g/mol. The van der Waals surface area contributed by atoms with E-state index in [0.29, 0.717) is 27.3 Å². The molecule has 0 spiro atoms. The molecule has 0 unspecified atom stereocenters. The molecule has 0 radical (unpaired) electrons. The standard InChI is InChI=1S/C15H10O5S/c1-18-11-5-3-2-4-10(11)14(16)19-9-6-7-12-13(8-9)21-15(17)20-12/h2-8H,1H3. The minimum atomic E-state index is -0.525. The topological polar surface area (TPSA) is 65.7 Å². The zero-order valence-electron chi connectivity index (χ0n) is 11.0. The molecule has 0 N–H and O–H groups in total. The van der Waals surface area contributed by atoms with E-state index in [0.717, 1.165) is 11.3 Å². The maximum atomic E-state index is 12.2. The average Bonchev–Trinajstić information content (AvgIpc) is 2.86. The number of ether oxygens (including phenoxy) is 2. The summed E-state index contributed by atoms with van der Waals surface area (Å²) in [5.74, 6) is 0.259. The third kappa shape index (κ3) is 2.66. The molecule has 0 aliphatic rings. The summed E-state index contributed by atoms with van der Waals surface area (Å²) in [7, 11) is 1.49. The number of carbonyl (C=O) groups is 1. The first-order valence-corrected chi connectivity index (χ1v) is 6.88. The summed E-state index contributed by atoms with van der Waals surface area (Å²) in [6.45, 7) is 0. The van der Waals surface area contributed by atoms with Crippen LogP contribution in [0.2, 0.25) is 0 Å². The summed E-state index contributed by atoms with van der Waals surface area (Å²) in [5.41, 5.74) is 0.808. The summed E-state index contributed by atoms with van der Waals surface area (Å²) in [4.78, 5) is 22.9. The van der Waals surface area contributed by atoms with Gasteiger partial charge in [-0.1, -0.05) is 23.5 Å². The summed E-state index contributed by atoms with van der Waals surface area (Å²) in [5, 5.41) is 0. The fourth-order valence-electron chi connectivity index (χ4n) is 1.89. The van der Waals surface area contributed by atoms with Crippen LogP contribution < -0.4 is 14.4 Å². The van der Waals surface area contributed by atoms with E-state index in [1.165, 1.54) is 7.11 Å². The molecule has 0 fully saturated rings. The van der Waals surface area contributed by atoms with Crippen LogP contribution in [0, 0.1) is 0 Å². The highest BCUT2D eigenvalue weighted by Crippen LogP contribution is 2.25. The zero-order chi connectivity index (χ0) is 14.8. The van der Waals surface area contributed by atoms with Crippen molar-refractivity contribution in [2.24, 2.45) is 0 Å². The molecule has 106 valence electrons. The van der Waals surface area contributed by atoms with E-state index in [-0.39, 0.29) is 0 Å². The molecule has 21 heavy (non-hydrogen) atoms. The highest BCUT2D eigenvalue weighted by atomic mass is 32.1. The quantitative estimate of drug-likeness (QED) is 0.549. The summed E-state index contributed by atoms with van der Waals surface area (Å²) in [6, 6.07) is 11.6. The number of rotatable bonds is 3. The lowest BCUT2D eigenvalue weighted by Crippen LogP contribution is -2.09. The summed E-state index contributed by atoms with van der Waals surface area (Å²) >= 11 is 0.959. The molecule has 0 saturated carbocycles. The number of carbonyl (C=O) groups excluding carboxylic acids is 1. The molecular formula is C15H10O5S. The molecule has 3 aromatic rings. The number of para-hydroxylation sites is 1. The van der Waals surface area contributed by atoms with Gasteiger partial charge in [0.2, 0.25) is 0 Å². The molecule has 0 bridgehead atoms. The maximum absolute atomic E-state index is 12.2. The second-order valence-corrected chi connectivity index (χ2v) is 5.13. The molecule has 5 nitrogen and oxygen atoms in total. The van der Waals surface area contributed by atoms with Gasteiger partial charge in [0.15, 0.2) is 0 Å². The number of hydrogen-bond acceptors (Lipinski definition) is 6. The molecule has 3 rings (SSSR count). The molecular weight excluding hydrogens is 292 g/mol. The Kier molecular flexibility index (Phi) is 3.45. The van der Waals surface area contributed by atoms with Gasteiger partial charge in [0.1, 0.15) is 22.6 Å². The summed E-state index contributed by atoms with van der Waals surface area (Å²) < 4.78 is 16.0. The van der Waals surface area contributed by atoms with Crippen LogP contribution in [0.4, 0.5) is 0 Å². The molecule has 0 aliphatic carbocycles. The first-order chi connectivity index (χ1) is 10.2. The lowest BCUT2D eigenvalue weighted by molar-refractivity contribution is 0.0731. The van der Waals surface area contributed by atoms with Crippen LogP contribution in [0.3, 0.4) is 0 Å².